The molecule has 0 saturated carbocycles. The second-order valence-corrected chi connectivity index (χ2v) is 15.1. The number of anilines is 2. The Morgan fingerprint density at radius 2 is 0.981 bits per heavy atom. The zero-order chi connectivity index (χ0) is 33.9. The zero-order valence-corrected chi connectivity index (χ0v) is 28.8. The summed E-state index contributed by atoms with van der Waals surface area (Å²) in [5.41, 5.74) is 17.0. The molecule has 0 aliphatic carbocycles. The molecule has 52 heavy (non-hydrogen) atoms. The standard InChI is InChI=1S/C48H28BNOS/c1-5-13-41-33(9-1)34-10-2-6-14-43(34)50-44-22-18-30(31-19-23-46-39(27-31)35-11-3-7-15-45(35)51-46)26-38(44)37-25-29(17-21-42(37)49(41)50)32-20-24-48-40(28-32)36-12-4-8-16-47(36)52-48/h1-28H. The van der Waals surface area contributed by atoms with Crippen LogP contribution in [0.1, 0.15) is 0 Å². The summed E-state index contributed by atoms with van der Waals surface area (Å²) in [6.45, 7) is 0.0606. The quantitative estimate of drug-likeness (QED) is 0.169. The van der Waals surface area contributed by atoms with Crippen LogP contribution in [0.3, 0.4) is 0 Å². The Kier molecular flexibility index (Phi) is 5.77. The predicted octanol–water partition coefficient (Wildman–Crippen LogP) is 12.2. The molecule has 12 rings (SSSR count). The largest absolute Gasteiger partial charge is 0.456 e. The molecule has 0 bridgehead atoms. The van der Waals surface area contributed by atoms with Crippen LogP contribution < -0.4 is 15.7 Å². The topological polar surface area (TPSA) is 16.4 Å². The highest BCUT2D eigenvalue weighted by Gasteiger charge is 2.42. The van der Waals surface area contributed by atoms with Crippen molar-refractivity contribution in [2.45, 2.75) is 0 Å². The minimum atomic E-state index is 0.0606. The summed E-state index contributed by atoms with van der Waals surface area (Å²) in [5, 5.41) is 4.94. The number of rotatable bonds is 2. The molecular weight excluding hydrogens is 649 g/mol. The van der Waals surface area contributed by atoms with Crippen LogP contribution in [-0.4, -0.2) is 6.85 Å². The average Bonchev–Trinajstić information content (AvgIpc) is 3.78. The zero-order valence-electron chi connectivity index (χ0n) is 28.0. The number of benzene rings is 8. The fourth-order valence-electron chi connectivity index (χ4n) is 8.91. The number of fused-ring (bicyclic) bond motifs is 17. The van der Waals surface area contributed by atoms with E-state index in [2.05, 4.69) is 163 Å². The van der Waals surface area contributed by atoms with Gasteiger partial charge >= 0.3 is 6.85 Å². The van der Waals surface area contributed by atoms with Gasteiger partial charge in [0, 0.05) is 53.4 Å². The fraction of sp³-hybridized carbons (Fsp3) is 0. The van der Waals surface area contributed by atoms with Crippen molar-refractivity contribution in [3.05, 3.63) is 170 Å². The lowest BCUT2D eigenvalue weighted by atomic mass is 9.43. The average molecular weight is 678 g/mol. The first-order chi connectivity index (χ1) is 25.8. The highest BCUT2D eigenvalue weighted by Crippen LogP contribution is 2.48. The Hall–Kier alpha value is -6.36. The van der Waals surface area contributed by atoms with E-state index >= 15 is 0 Å². The Morgan fingerprint density at radius 3 is 1.90 bits per heavy atom. The number of hydrogen-bond acceptors (Lipinski definition) is 3. The van der Waals surface area contributed by atoms with Gasteiger partial charge in [-0.05, 0) is 105 Å². The maximum absolute atomic E-state index is 6.20. The van der Waals surface area contributed by atoms with E-state index in [0.29, 0.717) is 0 Å². The number of para-hydroxylation sites is 2. The maximum Gasteiger partial charge on any atom is 0.329 e. The van der Waals surface area contributed by atoms with E-state index in [1.165, 1.54) is 87.0 Å². The van der Waals surface area contributed by atoms with Gasteiger partial charge in [0.25, 0.3) is 0 Å². The first-order valence-electron chi connectivity index (χ1n) is 17.9. The smallest absolute Gasteiger partial charge is 0.329 e. The summed E-state index contributed by atoms with van der Waals surface area (Å²) in [6.07, 6.45) is 0. The Balaban J connectivity index is 1.10. The molecule has 0 radical (unpaired) electrons. The highest BCUT2D eigenvalue weighted by atomic mass is 32.1. The highest BCUT2D eigenvalue weighted by molar-refractivity contribution is 7.25. The van der Waals surface area contributed by atoms with Crippen molar-refractivity contribution in [3.63, 3.8) is 0 Å². The van der Waals surface area contributed by atoms with Gasteiger partial charge in [0.05, 0.1) is 0 Å². The molecule has 2 aliphatic rings. The van der Waals surface area contributed by atoms with Crippen LogP contribution in [0.2, 0.25) is 0 Å². The molecule has 4 heterocycles. The number of hydrogen-bond donors (Lipinski definition) is 0. The van der Waals surface area contributed by atoms with Crippen molar-refractivity contribution in [1.82, 2.24) is 0 Å². The van der Waals surface area contributed by atoms with Crippen molar-refractivity contribution in [2.24, 2.45) is 0 Å². The van der Waals surface area contributed by atoms with Crippen molar-refractivity contribution < 1.29 is 4.42 Å². The first-order valence-corrected chi connectivity index (χ1v) is 18.7. The number of thiophene rings is 1. The Morgan fingerprint density at radius 1 is 0.385 bits per heavy atom. The summed E-state index contributed by atoms with van der Waals surface area (Å²) >= 11 is 1.87. The molecule has 8 aromatic carbocycles. The molecule has 240 valence electrons. The van der Waals surface area contributed by atoms with Gasteiger partial charge in [0.1, 0.15) is 11.2 Å². The number of furan rings is 1. The van der Waals surface area contributed by atoms with Crippen LogP contribution in [0.25, 0.3) is 86.6 Å². The van der Waals surface area contributed by atoms with Gasteiger partial charge in [-0.3, -0.25) is 0 Å². The van der Waals surface area contributed by atoms with Crippen molar-refractivity contribution in [3.8, 4) is 44.5 Å². The summed E-state index contributed by atoms with van der Waals surface area (Å²) in [4.78, 5) is 2.58. The summed E-state index contributed by atoms with van der Waals surface area (Å²) in [6, 6.07) is 62.7. The van der Waals surface area contributed by atoms with Gasteiger partial charge < -0.3 is 9.23 Å². The van der Waals surface area contributed by atoms with Gasteiger partial charge in [-0.1, -0.05) is 109 Å². The van der Waals surface area contributed by atoms with Crippen LogP contribution in [0.4, 0.5) is 11.4 Å². The van der Waals surface area contributed by atoms with E-state index in [1.54, 1.807) is 0 Å². The normalized spacial score (nSPS) is 12.9. The van der Waals surface area contributed by atoms with Gasteiger partial charge in [-0.25, -0.2) is 0 Å². The Bertz CT molecular complexity index is 2910. The summed E-state index contributed by atoms with van der Waals surface area (Å²) in [5.74, 6) is 0. The molecule has 0 atom stereocenters. The molecule has 10 aromatic rings. The molecule has 0 unspecified atom stereocenters. The van der Waals surface area contributed by atoms with Gasteiger partial charge in [-0.15, -0.1) is 11.3 Å². The molecule has 2 nitrogen and oxygen atoms in total. The molecule has 2 aromatic heterocycles. The molecular formula is C48H28BNOS. The first kappa shape index (κ1) is 28.4. The molecule has 0 fully saturated rings. The van der Waals surface area contributed by atoms with Crippen LogP contribution in [0, 0.1) is 0 Å². The van der Waals surface area contributed by atoms with E-state index in [-0.39, 0.29) is 6.85 Å². The molecule has 2 aliphatic heterocycles. The molecule has 0 saturated heterocycles. The van der Waals surface area contributed by atoms with E-state index < -0.39 is 0 Å². The third-order valence-electron chi connectivity index (χ3n) is 11.3. The van der Waals surface area contributed by atoms with E-state index in [9.17, 15) is 0 Å². The minimum Gasteiger partial charge on any atom is -0.456 e. The van der Waals surface area contributed by atoms with E-state index in [1.807, 2.05) is 23.5 Å². The van der Waals surface area contributed by atoms with Crippen LogP contribution in [0.15, 0.2) is 174 Å². The van der Waals surface area contributed by atoms with Crippen LogP contribution in [-0.2, 0) is 0 Å². The van der Waals surface area contributed by atoms with Crippen LogP contribution in [0.5, 0.6) is 0 Å². The second-order valence-electron chi connectivity index (χ2n) is 14.0. The van der Waals surface area contributed by atoms with Crippen molar-refractivity contribution in [2.75, 3.05) is 4.81 Å². The predicted molar refractivity (Wildman–Crippen MR) is 222 cm³/mol. The van der Waals surface area contributed by atoms with E-state index in [4.69, 9.17) is 4.42 Å². The lowest BCUT2D eigenvalue weighted by Crippen LogP contribution is -2.59. The third-order valence-corrected chi connectivity index (χ3v) is 12.4. The maximum atomic E-state index is 6.20. The SMILES string of the molecule is c1ccc2c(c1)B1c3ccc(-c4ccc5sc6ccccc6c5c4)cc3-c3cc(-c4ccc5oc6ccccc6c5c4)ccc3N1c1ccccc1-2. The molecule has 0 N–H and O–H groups in total. The lowest BCUT2D eigenvalue weighted by molar-refractivity contribution is 0.669. The molecule has 0 amide bonds. The van der Waals surface area contributed by atoms with Crippen LogP contribution >= 0.6 is 11.3 Å². The van der Waals surface area contributed by atoms with Gasteiger partial charge in [-0.2, -0.15) is 0 Å². The summed E-state index contributed by atoms with van der Waals surface area (Å²) in [7, 11) is 0. The van der Waals surface area contributed by atoms with E-state index in [0.717, 1.165) is 21.9 Å². The van der Waals surface area contributed by atoms with Crippen molar-refractivity contribution >= 4 is 82.6 Å². The van der Waals surface area contributed by atoms with Gasteiger partial charge in [0.15, 0.2) is 0 Å². The monoisotopic (exact) mass is 677 g/mol. The third kappa shape index (κ3) is 3.96. The number of nitrogens with zero attached hydrogens (tertiary/aromatic N) is 1. The summed E-state index contributed by atoms with van der Waals surface area (Å²) < 4.78 is 8.86. The van der Waals surface area contributed by atoms with Crippen molar-refractivity contribution in [1.29, 1.82) is 0 Å². The fourth-order valence-corrected chi connectivity index (χ4v) is 9.99. The molecule has 0 spiro atoms. The Labute approximate surface area is 304 Å². The molecule has 4 heteroatoms. The minimum absolute atomic E-state index is 0.0606. The second kappa shape index (κ2) is 10.6. The van der Waals surface area contributed by atoms with Gasteiger partial charge in [0.2, 0.25) is 0 Å². The lowest BCUT2D eigenvalue weighted by Gasteiger charge is -2.43.